The van der Waals surface area contributed by atoms with Gasteiger partial charge in [-0.2, -0.15) is 0 Å². The minimum Gasteiger partial charge on any atom is -0.441 e. The normalized spacial score (nSPS) is 31.5. The molecule has 3 rings (SSSR count). The summed E-state index contributed by atoms with van der Waals surface area (Å²) in [7, 11) is 0. The fraction of sp³-hybridized carbons (Fsp3) is 0.400. The molecule has 112 valence electrons. The van der Waals surface area contributed by atoms with E-state index in [2.05, 4.69) is 4.74 Å². The molecule has 6 heteroatoms. The van der Waals surface area contributed by atoms with Crippen molar-refractivity contribution in [2.45, 2.75) is 30.9 Å². The largest absolute Gasteiger partial charge is 0.522 e. The Bertz CT molecular complexity index is 529. The molecule has 3 atom stereocenters. The van der Waals surface area contributed by atoms with E-state index in [-0.39, 0.29) is 0 Å². The molecule has 2 aliphatic rings. The van der Waals surface area contributed by atoms with Gasteiger partial charge in [0, 0.05) is 6.42 Å². The quantitative estimate of drug-likeness (QED) is 0.802. The van der Waals surface area contributed by atoms with Gasteiger partial charge in [-0.25, -0.2) is 4.79 Å². The fourth-order valence-corrected chi connectivity index (χ4v) is 2.77. The molecule has 0 amide bonds. The van der Waals surface area contributed by atoms with Gasteiger partial charge in [0.1, 0.15) is 6.10 Å². The van der Waals surface area contributed by atoms with Crippen molar-refractivity contribution in [1.29, 1.82) is 0 Å². The Labute approximate surface area is 120 Å². The first-order chi connectivity index (χ1) is 9.91. The molecular weight excluding hydrogens is 285 g/mol. The summed E-state index contributed by atoms with van der Waals surface area (Å²) in [5.74, 6) is -1.07. The Morgan fingerprint density at radius 2 is 2.00 bits per heavy atom. The number of alkyl halides is 3. The highest BCUT2D eigenvalue weighted by Crippen LogP contribution is 2.51. The zero-order chi connectivity index (χ0) is 15.1. The minimum absolute atomic E-state index is 0.357. The molecule has 1 heterocycles. The van der Waals surface area contributed by atoms with Crippen molar-refractivity contribution in [2.75, 3.05) is 0 Å². The molecule has 3 nitrogen and oxygen atoms in total. The summed E-state index contributed by atoms with van der Waals surface area (Å²) >= 11 is 0. The predicted molar refractivity (Wildman–Crippen MR) is 66.6 cm³/mol. The summed E-state index contributed by atoms with van der Waals surface area (Å²) in [5.41, 5.74) is -0.558. The van der Waals surface area contributed by atoms with Crippen LogP contribution in [0.2, 0.25) is 0 Å². The molecular formula is C15H13F3O3. The van der Waals surface area contributed by atoms with Gasteiger partial charge >= 0.3 is 12.3 Å². The summed E-state index contributed by atoms with van der Waals surface area (Å²) in [5, 5.41) is 0. The monoisotopic (exact) mass is 298 g/mol. The van der Waals surface area contributed by atoms with E-state index in [1.165, 1.54) is 6.42 Å². The Kier molecular flexibility index (Phi) is 3.43. The maximum atomic E-state index is 12.5. The molecule has 0 N–H and O–H groups in total. The van der Waals surface area contributed by atoms with Gasteiger partial charge in [-0.05, 0) is 30.7 Å². The molecule has 1 aromatic carbocycles. The van der Waals surface area contributed by atoms with E-state index in [9.17, 15) is 18.0 Å². The number of hydrogen-bond donors (Lipinski definition) is 0. The number of ether oxygens (including phenoxy) is 2. The Morgan fingerprint density at radius 3 is 2.57 bits per heavy atom. The molecule has 1 saturated carbocycles. The van der Waals surface area contributed by atoms with E-state index in [1.54, 1.807) is 0 Å². The average Bonchev–Trinajstić information content (AvgIpc) is 2.96. The lowest BCUT2D eigenvalue weighted by molar-refractivity contribution is -0.351. The molecule has 2 fully saturated rings. The molecule has 1 aromatic rings. The van der Waals surface area contributed by atoms with Gasteiger partial charge < -0.3 is 4.74 Å². The van der Waals surface area contributed by atoms with Crippen LogP contribution in [0, 0.1) is 18.8 Å². The molecule has 21 heavy (non-hydrogen) atoms. The van der Waals surface area contributed by atoms with Crippen LogP contribution >= 0.6 is 0 Å². The second-order valence-corrected chi connectivity index (χ2v) is 5.22. The number of benzene rings is 1. The third-order valence-electron chi connectivity index (χ3n) is 3.83. The summed E-state index contributed by atoms with van der Waals surface area (Å²) in [6.07, 6.45) is -2.00. The zero-order valence-electron chi connectivity index (χ0n) is 11.0. The molecule has 3 unspecified atom stereocenters. The van der Waals surface area contributed by atoms with E-state index in [1.807, 2.05) is 36.8 Å². The Balaban J connectivity index is 1.68. The highest BCUT2D eigenvalue weighted by Gasteiger charge is 2.70. The maximum absolute atomic E-state index is 12.5. The van der Waals surface area contributed by atoms with Crippen molar-refractivity contribution in [3.8, 4) is 0 Å². The van der Waals surface area contributed by atoms with E-state index < -0.39 is 30.0 Å². The van der Waals surface area contributed by atoms with Crippen molar-refractivity contribution < 1.29 is 27.4 Å². The number of halogens is 3. The highest BCUT2D eigenvalue weighted by atomic mass is 19.4. The minimum atomic E-state index is -4.78. The number of carbonyl (C=O) groups is 1. The fourth-order valence-electron chi connectivity index (χ4n) is 2.77. The van der Waals surface area contributed by atoms with E-state index in [4.69, 9.17) is 4.74 Å². The zero-order valence-corrected chi connectivity index (χ0v) is 11.0. The van der Waals surface area contributed by atoms with Crippen LogP contribution in [0.15, 0.2) is 30.3 Å². The van der Waals surface area contributed by atoms with Crippen molar-refractivity contribution in [3.05, 3.63) is 48.7 Å². The predicted octanol–water partition coefficient (Wildman–Crippen LogP) is 3.05. The van der Waals surface area contributed by atoms with Gasteiger partial charge in [-0.3, -0.25) is 4.74 Å². The van der Waals surface area contributed by atoms with Crippen LogP contribution in [-0.2, 0) is 14.3 Å². The topological polar surface area (TPSA) is 38.8 Å². The van der Waals surface area contributed by atoms with Crippen LogP contribution in [0.3, 0.4) is 0 Å². The van der Waals surface area contributed by atoms with Crippen LogP contribution in [0.5, 0.6) is 0 Å². The van der Waals surface area contributed by atoms with Crippen molar-refractivity contribution in [3.63, 3.8) is 0 Å². The van der Waals surface area contributed by atoms with E-state index in [0.29, 0.717) is 12.8 Å². The van der Waals surface area contributed by atoms with E-state index in [0.717, 1.165) is 5.56 Å². The van der Waals surface area contributed by atoms with Crippen molar-refractivity contribution in [1.82, 2.24) is 0 Å². The second kappa shape index (κ2) is 5.02. The lowest BCUT2D eigenvalue weighted by Crippen LogP contribution is -2.37. The van der Waals surface area contributed by atoms with Crippen LogP contribution in [-0.4, -0.2) is 24.0 Å². The number of carbonyl (C=O) groups excluding carboxylic acids is 1. The molecule has 1 aliphatic carbocycles. The SMILES string of the molecule is O=C1OC12[CH]CC(C[CH]c1ccccc1)C2OC(F)(F)F. The standard InChI is InChI=1S/C15H13F3O3/c16-15(17,18)20-12-11(8-9-14(12)13(19)21-14)7-6-10-4-2-1-3-5-10/h1-6,9,11-12H,7-8H2. The first kappa shape index (κ1) is 14.4. The van der Waals surface area contributed by atoms with Gasteiger partial charge in [-0.1, -0.05) is 30.3 Å². The molecule has 0 bridgehead atoms. The highest BCUT2D eigenvalue weighted by molar-refractivity contribution is 5.96. The van der Waals surface area contributed by atoms with E-state index >= 15 is 0 Å². The van der Waals surface area contributed by atoms with Crippen LogP contribution in [0.25, 0.3) is 0 Å². The molecule has 1 spiro atoms. The second-order valence-electron chi connectivity index (χ2n) is 5.22. The van der Waals surface area contributed by atoms with Crippen LogP contribution in [0.4, 0.5) is 13.2 Å². The number of hydrogen-bond acceptors (Lipinski definition) is 3. The summed E-state index contributed by atoms with van der Waals surface area (Å²) in [6, 6.07) is 9.30. The maximum Gasteiger partial charge on any atom is 0.522 e. The third kappa shape index (κ3) is 2.90. The molecule has 0 aromatic heterocycles. The third-order valence-corrected chi connectivity index (χ3v) is 3.83. The Morgan fingerprint density at radius 1 is 1.33 bits per heavy atom. The summed E-state index contributed by atoms with van der Waals surface area (Å²) in [4.78, 5) is 11.3. The first-order valence-electron chi connectivity index (χ1n) is 6.61. The summed E-state index contributed by atoms with van der Waals surface area (Å²) < 4.78 is 46.5. The van der Waals surface area contributed by atoms with Crippen molar-refractivity contribution >= 4 is 5.97 Å². The molecule has 1 saturated heterocycles. The van der Waals surface area contributed by atoms with Gasteiger partial charge in [0.2, 0.25) is 5.60 Å². The first-order valence-corrected chi connectivity index (χ1v) is 6.61. The van der Waals surface area contributed by atoms with Crippen molar-refractivity contribution in [2.24, 2.45) is 5.92 Å². The van der Waals surface area contributed by atoms with Crippen LogP contribution < -0.4 is 0 Å². The number of rotatable bonds is 4. The molecule has 2 radical (unpaired) electrons. The van der Waals surface area contributed by atoms with Crippen LogP contribution in [0.1, 0.15) is 18.4 Å². The van der Waals surface area contributed by atoms with Gasteiger partial charge in [0.15, 0.2) is 0 Å². The lowest BCUT2D eigenvalue weighted by Gasteiger charge is -2.22. The smallest absolute Gasteiger partial charge is 0.441 e. The lowest BCUT2D eigenvalue weighted by atomic mass is 9.94. The summed E-state index contributed by atoms with van der Waals surface area (Å²) in [6.45, 7) is 0. The van der Waals surface area contributed by atoms with Gasteiger partial charge in [0.25, 0.3) is 0 Å². The van der Waals surface area contributed by atoms with Gasteiger partial charge in [0.05, 0.1) is 0 Å². The molecule has 1 aliphatic heterocycles. The number of epoxide rings is 1. The van der Waals surface area contributed by atoms with Gasteiger partial charge in [-0.15, -0.1) is 13.2 Å². The average molecular weight is 298 g/mol. The Hall–Kier alpha value is -1.56.